The maximum atomic E-state index is 12.5. The normalized spacial score (nSPS) is 16.8. The topological polar surface area (TPSA) is 133 Å². The van der Waals surface area contributed by atoms with Gasteiger partial charge in [-0.3, -0.25) is 24.1 Å². The van der Waals surface area contributed by atoms with Gasteiger partial charge in [0.1, 0.15) is 6.04 Å². The summed E-state index contributed by atoms with van der Waals surface area (Å²) in [7, 11) is 0. The van der Waals surface area contributed by atoms with Gasteiger partial charge in [-0.05, 0) is 25.0 Å². The van der Waals surface area contributed by atoms with E-state index in [2.05, 4.69) is 10.6 Å². The molecular formula is C21H27N3O6S. The number of imide groups is 1. The van der Waals surface area contributed by atoms with Crippen molar-refractivity contribution in [2.45, 2.75) is 50.3 Å². The van der Waals surface area contributed by atoms with Gasteiger partial charge in [0.05, 0.1) is 5.25 Å². The molecule has 0 spiro atoms. The third-order valence-corrected chi connectivity index (χ3v) is 5.98. The highest BCUT2D eigenvalue weighted by Gasteiger charge is 2.39. The van der Waals surface area contributed by atoms with E-state index in [-0.39, 0.29) is 36.4 Å². The van der Waals surface area contributed by atoms with Crippen LogP contribution in [0.4, 0.5) is 5.69 Å². The molecule has 31 heavy (non-hydrogen) atoms. The fourth-order valence-corrected chi connectivity index (χ4v) is 4.31. The van der Waals surface area contributed by atoms with Crippen molar-refractivity contribution in [3.63, 3.8) is 0 Å². The number of rotatable bonds is 12. The van der Waals surface area contributed by atoms with E-state index in [0.717, 1.165) is 17.4 Å². The van der Waals surface area contributed by atoms with Gasteiger partial charge in [-0.1, -0.05) is 24.6 Å². The van der Waals surface area contributed by atoms with Crippen LogP contribution in [0, 0.1) is 0 Å². The summed E-state index contributed by atoms with van der Waals surface area (Å²) < 4.78 is 0. The molecule has 1 unspecified atom stereocenters. The highest BCUT2D eigenvalue weighted by atomic mass is 32.2. The first-order chi connectivity index (χ1) is 14.8. The molecule has 10 heteroatoms. The van der Waals surface area contributed by atoms with E-state index in [0.29, 0.717) is 25.7 Å². The predicted molar refractivity (Wildman–Crippen MR) is 116 cm³/mol. The minimum atomic E-state index is -1.19. The summed E-state index contributed by atoms with van der Waals surface area (Å²) in [6.07, 6.45) is 2.31. The molecule has 1 aromatic carbocycles. The molecule has 4 amide bonds. The first kappa shape index (κ1) is 24.4. The number of aliphatic carboxylic acids is 1. The second-order valence-corrected chi connectivity index (χ2v) is 8.46. The first-order valence-corrected chi connectivity index (χ1v) is 11.1. The van der Waals surface area contributed by atoms with E-state index in [1.165, 1.54) is 11.8 Å². The second-order valence-electron chi connectivity index (χ2n) is 7.23. The van der Waals surface area contributed by atoms with Crippen LogP contribution in [0.5, 0.6) is 0 Å². The molecule has 0 bridgehead atoms. The lowest BCUT2D eigenvalue weighted by Crippen LogP contribution is -2.42. The second kappa shape index (κ2) is 12.1. The van der Waals surface area contributed by atoms with E-state index in [9.17, 15) is 24.0 Å². The zero-order chi connectivity index (χ0) is 22.8. The number of carboxylic acid groups (broad SMARTS) is 1. The van der Waals surface area contributed by atoms with Crippen LogP contribution in [-0.4, -0.2) is 63.2 Å². The zero-order valence-corrected chi connectivity index (χ0v) is 18.2. The minimum Gasteiger partial charge on any atom is -0.480 e. The average Bonchev–Trinajstić information content (AvgIpc) is 2.98. The van der Waals surface area contributed by atoms with Crippen LogP contribution in [0.25, 0.3) is 0 Å². The van der Waals surface area contributed by atoms with Gasteiger partial charge in [0.2, 0.25) is 23.6 Å². The summed E-state index contributed by atoms with van der Waals surface area (Å²) in [6, 6.07) is 8.06. The molecular weight excluding hydrogens is 422 g/mol. The lowest BCUT2D eigenvalue weighted by atomic mass is 10.1. The number of carbonyl (C=O) groups excluding carboxylic acids is 4. The van der Waals surface area contributed by atoms with Crippen molar-refractivity contribution in [3.05, 3.63) is 30.3 Å². The largest absolute Gasteiger partial charge is 0.480 e. The number of nitrogens with zero attached hydrogens (tertiary/aromatic N) is 1. The van der Waals surface area contributed by atoms with Gasteiger partial charge in [-0.25, -0.2) is 4.79 Å². The molecule has 1 aromatic rings. The quantitative estimate of drug-likeness (QED) is 0.326. The Bertz CT molecular complexity index is 817. The Kier molecular flexibility index (Phi) is 9.51. The molecule has 0 aromatic heterocycles. The number of hydrogen-bond acceptors (Lipinski definition) is 6. The van der Waals surface area contributed by atoms with E-state index >= 15 is 0 Å². The number of hydrogen-bond donors (Lipinski definition) is 3. The molecule has 1 fully saturated rings. The molecule has 9 nitrogen and oxygen atoms in total. The summed E-state index contributed by atoms with van der Waals surface area (Å²) in [5.41, 5.74) is 0.743. The SMILES string of the molecule is CC(=O)N[C@@H](CSC1CC(=O)N(CCCCCC(=O)Nc2ccccc2)C1=O)C(=O)O. The molecule has 2 atom stereocenters. The Hall–Kier alpha value is -2.88. The molecule has 168 valence electrons. The molecule has 3 N–H and O–H groups in total. The zero-order valence-electron chi connectivity index (χ0n) is 17.3. The van der Waals surface area contributed by atoms with Gasteiger partial charge in [0.25, 0.3) is 0 Å². The molecule has 1 heterocycles. The fraction of sp³-hybridized carbons (Fsp3) is 0.476. The minimum absolute atomic E-state index is 0.00294. The molecule has 2 rings (SSSR count). The molecule has 1 saturated heterocycles. The van der Waals surface area contributed by atoms with Crippen LogP contribution < -0.4 is 10.6 Å². The number of nitrogens with one attached hydrogen (secondary N) is 2. The van der Waals surface area contributed by atoms with Crippen molar-refractivity contribution in [2.75, 3.05) is 17.6 Å². The fourth-order valence-electron chi connectivity index (χ4n) is 3.13. The van der Waals surface area contributed by atoms with Gasteiger partial charge in [-0.15, -0.1) is 11.8 Å². The number of carbonyl (C=O) groups is 5. The smallest absolute Gasteiger partial charge is 0.327 e. The summed E-state index contributed by atoms with van der Waals surface area (Å²) in [5.74, 6) is -2.35. The maximum absolute atomic E-state index is 12.5. The number of carboxylic acids is 1. The van der Waals surface area contributed by atoms with Crippen molar-refractivity contribution >= 4 is 47.0 Å². The van der Waals surface area contributed by atoms with Gasteiger partial charge in [-0.2, -0.15) is 0 Å². The lowest BCUT2D eigenvalue weighted by molar-refractivity contribution is -0.141. The Balaban J connectivity index is 1.68. The van der Waals surface area contributed by atoms with Crippen molar-refractivity contribution < 1.29 is 29.1 Å². The number of likely N-dealkylation sites (tertiary alicyclic amines) is 1. The van der Waals surface area contributed by atoms with Crippen molar-refractivity contribution in [1.82, 2.24) is 10.2 Å². The third kappa shape index (κ3) is 8.05. The maximum Gasteiger partial charge on any atom is 0.327 e. The Morgan fingerprint density at radius 1 is 1.16 bits per heavy atom. The van der Waals surface area contributed by atoms with E-state index in [4.69, 9.17) is 5.11 Å². The summed E-state index contributed by atoms with van der Waals surface area (Å²) in [5, 5.41) is 13.6. The van der Waals surface area contributed by atoms with Crippen LogP contribution >= 0.6 is 11.8 Å². The van der Waals surface area contributed by atoms with Gasteiger partial charge in [0.15, 0.2) is 0 Å². The predicted octanol–water partition coefficient (Wildman–Crippen LogP) is 1.64. The third-order valence-electron chi connectivity index (χ3n) is 4.69. The first-order valence-electron chi connectivity index (χ1n) is 10.1. The van der Waals surface area contributed by atoms with Gasteiger partial charge >= 0.3 is 5.97 Å². The highest BCUT2D eigenvalue weighted by Crippen LogP contribution is 2.26. The average molecular weight is 450 g/mol. The Morgan fingerprint density at radius 3 is 2.52 bits per heavy atom. The standard InChI is InChI=1S/C21H27N3O6S/c1-14(25)22-16(21(29)30)13-31-17-12-19(27)24(20(17)28)11-7-3-6-10-18(26)23-15-8-4-2-5-9-15/h2,4-5,8-9,16-17H,3,6-7,10-13H2,1H3,(H,22,25)(H,23,26)(H,29,30)/t16-,17?/m0/s1. The summed E-state index contributed by atoms with van der Waals surface area (Å²) >= 11 is 1.07. The van der Waals surface area contributed by atoms with Crippen molar-refractivity contribution in [3.8, 4) is 0 Å². The molecule has 0 radical (unpaired) electrons. The molecule has 0 aliphatic carbocycles. The lowest BCUT2D eigenvalue weighted by Gasteiger charge is -2.16. The Morgan fingerprint density at radius 2 is 1.87 bits per heavy atom. The van der Waals surface area contributed by atoms with Crippen molar-refractivity contribution in [2.24, 2.45) is 0 Å². The number of thioether (sulfide) groups is 1. The van der Waals surface area contributed by atoms with Crippen molar-refractivity contribution in [1.29, 1.82) is 0 Å². The number of para-hydroxylation sites is 1. The number of benzene rings is 1. The van der Waals surface area contributed by atoms with E-state index in [1.807, 2.05) is 30.3 Å². The van der Waals surface area contributed by atoms with E-state index in [1.54, 1.807) is 0 Å². The molecule has 1 aliphatic heterocycles. The van der Waals surface area contributed by atoms with Crippen LogP contribution in [0.2, 0.25) is 0 Å². The van der Waals surface area contributed by atoms with E-state index < -0.39 is 23.2 Å². The Labute approximate surface area is 184 Å². The molecule has 1 aliphatic rings. The number of anilines is 1. The number of amides is 4. The monoisotopic (exact) mass is 449 g/mol. The van der Waals surface area contributed by atoms with Gasteiger partial charge < -0.3 is 15.7 Å². The highest BCUT2D eigenvalue weighted by molar-refractivity contribution is 8.00. The van der Waals surface area contributed by atoms with Crippen LogP contribution in [0.3, 0.4) is 0 Å². The molecule has 0 saturated carbocycles. The van der Waals surface area contributed by atoms with Crippen LogP contribution in [0.1, 0.15) is 39.0 Å². The number of unbranched alkanes of at least 4 members (excludes halogenated alkanes) is 2. The summed E-state index contributed by atoms with van der Waals surface area (Å²) in [6.45, 7) is 1.50. The van der Waals surface area contributed by atoms with Crippen LogP contribution in [-0.2, 0) is 24.0 Å². The van der Waals surface area contributed by atoms with Gasteiger partial charge in [0, 0.05) is 37.8 Å². The van der Waals surface area contributed by atoms with Crippen LogP contribution in [0.15, 0.2) is 30.3 Å². The summed E-state index contributed by atoms with van der Waals surface area (Å²) in [4.78, 5) is 60.0.